The molecule has 0 aromatic heterocycles. The lowest BCUT2D eigenvalue weighted by Crippen LogP contribution is -2.10. The van der Waals surface area contributed by atoms with Gasteiger partial charge >= 0.3 is 0 Å². The summed E-state index contributed by atoms with van der Waals surface area (Å²) in [6.07, 6.45) is 12.7. The molecule has 0 aromatic rings. The van der Waals surface area contributed by atoms with Crippen molar-refractivity contribution in [2.45, 2.75) is 85.5 Å². The highest BCUT2D eigenvalue weighted by Crippen LogP contribution is 2.30. The second-order valence-corrected chi connectivity index (χ2v) is 5.43. The van der Waals surface area contributed by atoms with Gasteiger partial charge < -0.3 is 0 Å². The zero-order valence-corrected chi connectivity index (χ0v) is 10.9. The minimum atomic E-state index is 0.600. The van der Waals surface area contributed by atoms with E-state index >= 15 is 0 Å². The van der Waals surface area contributed by atoms with E-state index in [0.29, 0.717) is 5.41 Å². The van der Waals surface area contributed by atoms with Gasteiger partial charge in [-0.05, 0) is 18.3 Å². The molecule has 0 spiro atoms. The van der Waals surface area contributed by atoms with Crippen LogP contribution in [0.2, 0.25) is 0 Å². The highest BCUT2D eigenvalue weighted by atomic mass is 14.2. The molecule has 0 fully saturated rings. The number of rotatable bonds is 9. The Kier molecular flexibility index (Phi) is 8.32. The summed E-state index contributed by atoms with van der Waals surface area (Å²) in [5.74, 6) is 0. The molecule has 0 aromatic carbocycles. The molecule has 0 saturated heterocycles. The van der Waals surface area contributed by atoms with Gasteiger partial charge in [0.05, 0.1) is 0 Å². The molecule has 0 rings (SSSR count). The lowest BCUT2D eigenvalue weighted by atomic mass is 9.82. The molecule has 0 amide bonds. The summed E-state index contributed by atoms with van der Waals surface area (Å²) in [5.41, 5.74) is 0.600. The minimum absolute atomic E-state index is 0.600. The van der Waals surface area contributed by atoms with E-state index in [1.807, 2.05) is 0 Å². The molecule has 0 aliphatic heterocycles. The van der Waals surface area contributed by atoms with Crippen molar-refractivity contribution >= 4 is 0 Å². The Morgan fingerprint density at radius 3 is 1.57 bits per heavy atom. The number of unbranched alkanes of at least 4 members (excludes halogenated alkanes) is 5. The topological polar surface area (TPSA) is 0 Å². The first kappa shape index (κ1) is 14.0. The summed E-state index contributed by atoms with van der Waals surface area (Å²) < 4.78 is 0. The maximum atomic E-state index is 2.44. The molecule has 14 heavy (non-hydrogen) atoms. The third-order valence-corrected chi connectivity index (χ3v) is 3.16. The summed E-state index contributed by atoms with van der Waals surface area (Å²) in [7, 11) is 0. The third-order valence-electron chi connectivity index (χ3n) is 3.16. The predicted octanol–water partition coefficient (Wildman–Crippen LogP) is 5.56. The largest absolute Gasteiger partial charge is 0.0654 e. The van der Waals surface area contributed by atoms with E-state index in [4.69, 9.17) is 0 Å². The maximum Gasteiger partial charge on any atom is -0.0354 e. The molecule has 86 valence electrons. The van der Waals surface area contributed by atoms with Crippen LogP contribution in [0.15, 0.2) is 0 Å². The average Bonchev–Trinajstić information content (AvgIpc) is 2.13. The molecule has 0 bridgehead atoms. The lowest BCUT2D eigenvalue weighted by Gasteiger charge is -2.24. The van der Waals surface area contributed by atoms with Crippen LogP contribution in [0.3, 0.4) is 0 Å². The van der Waals surface area contributed by atoms with Crippen molar-refractivity contribution in [1.82, 2.24) is 0 Å². The Balaban J connectivity index is 3.40. The first-order valence-electron chi connectivity index (χ1n) is 6.62. The van der Waals surface area contributed by atoms with Gasteiger partial charge in [-0.15, -0.1) is 0 Å². The summed E-state index contributed by atoms with van der Waals surface area (Å²) in [6.45, 7) is 9.45. The molecular formula is C14H30. The van der Waals surface area contributed by atoms with Crippen molar-refractivity contribution < 1.29 is 0 Å². The molecule has 0 radical (unpaired) electrons. The van der Waals surface area contributed by atoms with E-state index in [0.717, 1.165) is 0 Å². The molecule has 0 atom stereocenters. The SMILES string of the molecule is CCCCCCC(C)(C)CCCCC. The normalized spacial score (nSPS) is 12.0. The molecular weight excluding hydrogens is 168 g/mol. The zero-order valence-electron chi connectivity index (χ0n) is 10.9. The summed E-state index contributed by atoms with van der Waals surface area (Å²) >= 11 is 0. The van der Waals surface area contributed by atoms with Crippen LogP contribution in [0.5, 0.6) is 0 Å². The van der Waals surface area contributed by atoms with Crippen molar-refractivity contribution in [3.05, 3.63) is 0 Å². The molecule has 0 aliphatic rings. The van der Waals surface area contributed by atoms with Gasteiger partial charge in [-0.1, -0.05) is 72.6 Å². The maximum absolute atomic E-state index is 2.44. The smallest absolute Gasteiger partial charge is 0.0354 e. The van der Waals surface area contributed by atoms with Crippen LogP contribution in [0.4, 0.5) is 0 Å². The van der Waals surface area contributed by atoms with E-state index in [2.05, 4.69) is 27.7 Å². The van der Waals surface area contributed by atoms with Crippen LogP contribution in [-0.4, -0.2) is 0 Å². The quantitative estimate of drug-likeness (QED) is 0.425. The summed E-state index contributed by atoms with van der Waals surface area (Å²) in [5, 5.41) is 0. The standard InChI is InChI=1S/C14H30/c1-5-7-9-11-13-14(3,4)12-10-8-6-2/h5-13H2,1-4H3. The van der Waals surface area contributed by atoms with Crippen LogP contribution in [0, 0.1) is 5.41 Å². The van der Waals surface area contributed by atoms with Crippen molar-refractivity contribution in [1.29, 1.82) is 0 Å². The predicted molar refractivity (Wildman–Crippen MR) is 66.7 cm³/mol. The monoisotopic (exact) mass is 198 g/mol. The molecule has 0 heterocycles. The molecule has 0 saturated carbocycles. The first-order chi connectivity index (χ1) is 6.62. The Hall–Kier alpha value is 0. The zero-order chi connectivity index (χ0) is 10.9. The van der Waals surface area contributed by atoms with E-state index in [1.54, 1.807) is 0 Å². The fourth-order valence-electron chi connectivity index (χ4n) is 2.01. The van der Waals surface area contributed by atoms with Crippen molar-refractivity contribution in [3.63, 3.8) is 0 Å². The third kappa shape index (κ3) is 8.59. The summed E-state index contributed by atoms with van der Waals surface area (Å²) in [4.78, 5) is 0. The fourth-order valence-corrected chi connectivity index (χ4v) is 2.01. The van der Waals surface area contributed by atoms with E-state index in [1.165, 1.54) is 57.8 Å². The van der Waals surface area contributed by atoms with Gasteiger partial charge in [-0.3, -0.25) is 0 Å². The molecule has 0 aliphatic carbocycles. The van der Waals surface area contributed by atoms with Gasteiger partial charge in [-0.25, -0.2) is 0 Å². The fraction of sp³-hybridized carbons (Fsp3) is 1.00. The highest BCUT2D eigenvalue weighted by molar-refractivity contribution is 4.68. The summed E-state index contributed by atoms with van der Waals surface area (Å²) in [6, 6.07) is 0. The van der Waals surface area contributed by atoms with E-state index in [-0.39, 0.29) is 0 Å². The number of hydrogen-bond acceptors (Lipinski definition) is 0. The average molecular weight is 198 g/mol. The van der Waals surface area contributed by atoms with Gasteiger partial charge in [0.15, 0.2) is 0 Å². The van der Waals surface area contributed by atoms with E-state index < -0.39 is 0 Å². The Morgan fingerprint density at radius 1 is 0.643 bits per heavy atom. The first-order valence-corrected chi connectivity index (χ1v) is 6.62. The van der Waals surface area contributed by atoms with Crippen LogP contribution >= 0.6 is 0 Å². The molecule has 0 N–H and O–H groups in total. The Labute approximate surface area is 91.5 Å². The number of hydrogen-bond donors (Lipinski definition) is 0. The van der Waals surface area contributed by atoms with Crippen molar-refractivity contribution in [3.8, 4) is 0 Å². The van der Waals surface area contributed by atoms with Crippen LogP contribution in [0.25, 0.3) is 0 Å². The van der Waals surface area contributed by atoms with Crippen molar-refractivity contribution in [2.75, 3.05) is 0 Å². The van der Waals surface area contributed by atoms with Gasteiger partial charge in [0.25, 0.3) is 0 Å². The van der Waals surface area contributed by atoms with Gasteiger partial charge in [0, 0.05) is 0 Å². The van der Waals surface area contributed by atoms with Crippen LogP contribution < -0.4 is 0 Å². The second-order valence-electron chi connectivity index (χ2n) is 5.43. The van der Waals surface area contributed by atoms with Crippen LogP contribution in [0.1, 0.15) is 85.5 Å². The lowest BCUT2D eigenvalue weighted by molar-refractivity contribution is 0.284. The van der Waals surface area contributed by atoms with Gasteiger partial charge in [0.1, 0.15) is 0 Å². The molecule has 0 nitrogen and oxygen atoms in total. The van der Waals surface area contributed by atoms with Gasteiger partial charge in [-0.2, -0.15) is 0 Å². The van der Waals surface area contributed by atoms with Crippen LogP contribution in [-0.2, 0) is 0 Å². The highest BCUT2D eigenvalue weighted by Gasteiger charge is 2.15. The minimum Gasteiger partial charge on any atom is -0.0654 e. The van der Waals surface area contributed by atoms with E-state index in [9.17, 15) is 0 Å². The molecule has 0 unspecified atom stereocenters. The molecule has 0 heteroatoms. The Bertz CT molecular complexity index is 113. The van der Waals surface area contributed by atoms with Crippen molar-refractivity contribution in [2.24, 2.45) is 5.41 Å². The second kappa shape index (κ2) is 8.32. The Morgan fingerprint density at radius 2 is 1.07 bits per heavy atom. The van der Waals surface area contributed by atoms with Gasteiger partial charge in [0.2, 0.25) is 0 Å².